The van der Waals surface area contributed by atoms with Gasteiger partial charge in [-0.2, -0.15) is 0 Å². The Morgan fingerprint density at radius 2 is 2.22 bits per heavy atom. The van der Waals surface area contributed by atoms with E-state index in [0.717, 1.165) is 11.0 Å². The molecule has 1 saturated heterocycles. The van der Waals surface area contributed by atoms with Gasteiger partial charge in [0, 0.05) is 0 Å². The number of fused-ring (bicyclic) bond motifs is 1. The van der Waals surface area contributed by atoms with Crippen molar-refractivity contribution in [2.24, 2.45) is 0 Å². The van der Waals surface area contributed by atoms with Gasteiger partial charge < -0.3 is 9.72 Å². The van der Waals surface area contributed by atoms with Gasteiger partial charge in [-0.3, -0.25) is 4.90 Å². The summed E-state index contributed by atoms with van der Waals surface area (Å²) in [7, 11) is -3.09. The largest absolute Gasteiger partial charge is 0.450 e. The molecule has 0 bridgehead atoms. The van der Waals surface area contributed by atoms with E-state index >= 15 is 0 Å². The quantitative estimate of drug-likeness (QED) is 0.917. The maximum Gasteiger partial charge on any atom is 0.410 e. The minimum atomic E-state index is -3.09. The number of sulfone groups is 1. The average molecular weight is 337 g/mol. The van der Waals surface area contributed by atoms with E-state index in [0.29, 0.717) is 12.2 Å². The molecule has 0 spiro atoms. The molecule has 23 heavy (non-hydrogen) atoms. The lowest BCUT2D eigenvalue weighted by molar-refractivity contribution is 0.0899. The van der Waals surface area contributed by atoms with Crippen LogP contribution in [0.25, 0.3) is 11.0 Å². The van der Waals surface area contributed by atoms with E-state index in [4.69, 9.17) is 4.74 Å². The van der Waals surface area contributed by atoms with Crippen LogP contribution in [0, 0.1) is 0 Å². The zero-order valence-electron chi connectivity index (χ0n) is 12.9. The molecule has 2 heterocycles. The van der Waals surface area contributed by atoms with Crippen molar-refractivity contribution >= 4 is 27.0 Å². The van der Waals surface area contributed by atoms with Crippen LogP contribution >= 0.6 is 0 Å². The number of ether oxygens (including phenoxy) is 1. The fourth-order valence-corrected chi connectivity index (χ4v) is 4.54. The molecule has 1 fully saturated rings. The molecule has 124 valence electrons. The third kappa shape index (κ3) is 3.47. The van der Waals surface area contributed by atoms with Gasteiger partial charge in [0.25, 0.3) is 0 Å². The van der Waals surface area contributed by atoms with Crippen LogP contribution in [-0.4, -0.2) is 53.5 Å². The van der Waals surface area contributed by atoms with Crippen LogP contribution in [0.5, 0.6) is 0 Å². The van der Waals surface area contributed by atoms with Crippen molar-refractivity contribution in [3.05, 3.63) is 30.1 Å². The number of aromatic amines is 1. The Morgan fingerprint density at radius 3 is 2.87 bits per heavy atom. The standard InChI is InChI=1S/C15H19N3O4S/c1-2-22-15(19)18(11-7-8-23(20,21)10-11)9-14-16-12-5-3-4-6-13(12)17-14/h3-6,11H,2,7-10H2,1H3,(H,16,17). The summed E-state index contributed by atoms with van der Waals surface area (Å²) in [5.74, 6) is 0.697. The van der Waals surface area contributed by atoms with Crippen molar-refractivity contribution in [2.75, 3.05) is 18.1 Å². The first-order valence-corrected chi connectivity index (χ1v) is 9.38. The molecule has 1 atom stereocenters. The maximum absolute atomic E-state index is 12.2. The number of hydrogen-bond acceptors (Lipinski definition) is 5. The summed E-state index contributed by atoms with van der Waals surface area (Å²) in [4.78, 5) is 21.3. The molecule has 3 rings (SSSR count). The summed E-state index contributed by atoms with van der Waals surface area (Å²) in [5.41, 5.74) is 1.69. The molecule has 1 aliphatic rings. The summed E-state index contributed by atoms with van der Waals surface area (Å²) >= 11 is 0. The summed E-state index contributed by atoms with van der Waals surface area (Å²) in [6.07, 6.45) is -0.0727. The van der Waals surface area contributed by atoms with Crippen molar-refractivity contribution in [1.29, 1.82) is 0 Å². The molecule has 1 aromatic heterocycles. The second-order valence-corrected chi connectivity index (χ2v) is 7.81. The van der Waals surface area contributed by atoms with Gasteiger partial charge in [-0.25, -0.2) is 18.2 Å². The first-order chi connectivity index (χ1) is 11.0. The number of para-hydroxylation sites is 2. The second kappa shape index (κ2) is 6.19. The fraction of sp³-hybridized carbons (Fsp3) is 0.467. The minimum Gasteiger partial charge on any atom is -0.450 e. The van der Waals surface area contributed by atoms with Gasteiger partial charge in [-0.05, 0) is 25.5 Å². The van der Waals surface area contributed by atoms with Crippen molar-refractivity contribution in [3.8, 4) is 0 Å². The van der Waals surface area contributed by atoms with Crippen molar-refractivity contribution in [2.45, 2.75) is 25.9 Å². The summed E-state index contributed by atoms with van der Waals surface area (Å²) in [6, 6.07) is 7.20. The fourth-order valence-electron chi connectivity index (χ4n) is 2.81. The molecule has 1 N–H and O–H groups in total. The van der Waals surface area contributed by atoms with Gasteiger partial charge in [-0.1, -0.05) is 12.1 Å². The highest BCUT2D eigenvalue weighted by atomic mass is 32.2. The molecule has 1 unspecified atom stereocenters. The van der Waals surface area contributed by atoms with E-state index in [1.165, 1.54) is 4.90 Å². The van der Waals surface area contributed by atoms with E-state index in [9.17, 15) is 13.2 Å². The Kier molecular flexibility index (Phi) is 4.25. The van der Waals surface area contributed by atoms with Gasteiger partial charge in [-0.15, -0.1) is 0 Å². The number of benzene rings is 1. The highest BCUT2D eigenvalue weighted by molar-refractivity contribution is 7.91. The summed E-state index contributed by atoms with van der Waals surface area (Å²) in [6.45, 7) is 2.17. The zero-order chi connectivity index (χ0) is 16.4. The molecule has 1 aliphatic heterocycles. The Labute approximate surface area is 134 Å². The van der Waals surface area contributed by atoms with E-state index < -0.39 is 15.9 Å². The molecule has 2 aromatic rings. The number of rotatable bonds is 4. The third-order valence-corrected chi connectivity index (χ3v) is 5.66. The van der Waals surface area contributed by atoms with Gasteiger partial charge in [0.05, 0.1) is 41.7 Å². The number of imidazole rings is 1. The van der Waals surface area contributed by atoms with Crippen molar-refractivity contribution in [1.82, 2.24) is 14.9 Å². The number of aromatic nitrogens is 2. The van der Waals surface area contributed by atoms with E-state index in [1.807, 2.05) is 24.3 Å². The predicted molar refractivity (Wildman–Crippen MR) is 85.7 cm³/mol. The highest BCUT2D eigenvalue weighted by Gasteiger charge is 2.35. The molecule has 0 aliphatic carbocycles. The molecule has 8 heteroatoms. The normalized spacial score (nSPS) is 19.8. The first kappa shape index (κ1) is 15.8. The summed E-state index contributed by atoms with van der Waals surface area (Å²) in [5, 5.41) is 0. The van der Waals surface area contributed by atoms with Crippen LogP contribution in [0.1, 0.15) is 19.2 Å². The van der Waals surface area contributed by atoms with Crippen molar-refractivity contribution < 1.29 is 17.9 Å². The third-order valence-electron chi connectivity index (χ3n) is 3.91. The van der Waals surface area contributed by atoms with Crippen LogP contribution in [0.2, 0.25) is 0 Å². The Balaban J connectivity index is 1.84. The number of nitrogens with zero attached hydrogens (tertiary/aromatic N) is 2. The lowest BCUT2D eigenvalue weighted by Crippen LogP contribution is -2.41. The first-order valence-electron chi connectivity index (χ1n) is 7.56. The molecular formula is C15H19N3O4S. The number of amides is 1. The number of carbonyl (C=O) groups is 1. The van der Waals surface area contributed by atoms with Crippen LogP contribution in [0.15, 0.2) is 24.3 Å². The number of carbonyl (C=O) groups excluding carboxylic acids is 1. The topological polar surface area (TPSA) is 92.4 Å². The Bertz CT molecular complexity index is 782. The minimum absolute atomic E-state index is 0.0218. The number of H-pyrrole nitrogens is 1. The lowest BCUT2D eigenvalue weighted by atomic mass is 10.2. The molecule has 1 amide bonds. The number of hydrogen-bond donors (Lipinski definition) is 1. The Hall–Kier alpha value is -2.09. The molecular weight excluding hydrogens is 318 g/mol. The van der Waals surface area contributed by atoms with Gasteiger partial charge in [0.1, 0.15) is 5.82 Å². The summed E-state index contributed by atoms with van der Waals surface area (Å²) < 4.78 is 28.5. The van der Waals surface area contributed by atoms with Gasteiger partial charge in [0.15, 0.2) is 9.84 Å². The maximum atomic E-state index is 12.2. The van der Waals surface area contributed by atoms with Gasteiger partial charge >= 0.3 is 6.09 Å². The average Bonchev–Trinajstić information content (AvgIpc) is 3.07. The molecule has 7 nitrogen and oxygen atoms in total. The lowest BCUT2D eigenvalue weighted by Gasteiger charge is -2.26. The van der Waals surface area contributed by atoms with Crippen LogP contribution in [0.3, 0.4) is 0 Å². The molecule has 0 saturated carbocycles. The van der Waals surface area contributed by atoms with Crippen LogP contribution in [0.4, 0.5) is 4.79 Å². The predicted octanol–water partition coefficient (Wildman–Crippen LogP) is 1.71. The van der Waals surface area contributed by atoms with E-state index in [2.05, 4.69) is 9.97 Å². The highest BCUT2D eigenvalue weighted by Crippen LogP contribution is 2.21. The zero-order valence-corrected chi connectivity index (χ0v) is 13.7. The smallest absolute Gasteiger partial charge is 0.410 e. The monoisotopic (exact) mass is 337 g/mol. The van der Waals surface area contributed by atoms with E-state index in [-0.39, 0.29) is 30.7 Å². The van der Waals surface area contributed by atoms with Crippen molar-refractivity contribution in [3.63, 3.8) is 0 Å². The number of nitrogens with one attached hydrogen (secondary N) is 1. The second-order valence-electron chi connectivity index (χ2n) is 5.58. The van der Waals surface area contributed by atoms with Crippen LogP contribution in [-0.2, 0) is 21.1 Å². The van der Waals surface area contributed by atoms with Crippen LogP contribution < -0.4 is 0 Å². The Morgan fingerprint density at radius 1 is 1.43 bits per heavy atom. The van der Waals surface area contributed by atoms with E-state index in [1.54, 1.807) is 6.92 Å². The SMILES string of the molecule is CCOC(=O)N(Cc1nc2ccccc2[nH]1)C1CCS(=O)(=O)C1. The molecule has 0 radical (unpaired) electrons. The molecule has 1 aromatic carbocycles. The van der Waals surface area contributed by atoms with Gasteiger partial charge in [0.2, 0.25) is 0 Å².